The maximum Gasteiger partial charge on any atom is 0.253 e. The van der Waals surface area contributed by atoms with Gasteiger partial charge in [0.1, 0.15) is 5.82 Å². The van der Waals surface area contributed by atoms with Crippen LogP contribution in [0.3, 0.4) is 0 Å². The highest BCUT2D eigenvalue weighted by Crippen LogP contribution is 2.16. The summed E-state index contributed by atoms with van der Waals surface area (Å²) in [5.41, 5.74) is 0.306. The Bertz CT molecular complexity index is 372. The molecule has 82 valence electrons. The van der Waals surface area contributed by atoms with Crippen LogP contribution in [0.5, 0.6) is 0 Å². The normalized spacial score (nSPS) is 10.1. The number of nitrogens with zero attached hydrogens (tertiary/aromatic N) is 1. The second kappa shape index (κ2) is 5.47. The van der Waals surface area contributed by atoms with E-state index in [0.29, 0.717) is 17.4 Å². The SMILES string of the molecule is CN(CCBr)C(=O)c1ccc(Cl)c(F)c1. The van der Waals surface area contributed by atoms with E-state index in [-0.39, 0.29) is 10.9 Å². The minimum atomic E-state index is -0.574. The van der Waals surface area contributed by atoms with E-state index >= 15 is 0 Å². The van der Waals surface area contributed by atoms with Gasteiger partial charge < -0.3 is 4.90 Å². The van der Waals surface area contributed by atoms with Gasteiger partial charge in [-0.1, -0.05) is 27.5 Å². The first-order valence-corrected chi connectivity index (χ1v) is 5.82. The number of alkyl halides is 1. The van der Waals surface area contributed by atoms with Crippen LogP contribution in [0, 0.1) is 5.82 Å². The van der Waals surface area contributed by atoms with Crippen LogP contribution in [-0.2, 0) is 0 Å². The highest BCUT2D eigenvalue weighted by molar-refractivity contribution is 9.09. The highest BCUT2D eigenvalue weighted by atomic mass is 79.9. The second-order valence-corrected chi connectivity index (χ2v) is 4.24. The lowest BCUT2D eigenvalue weighted by molar-refractivity contribution is 0.0803. The highest BCUT2D eigenvalue weighted by Gasteiger charge is 2.12. The Labute approximate surface area is 101 Å². The third-order valence-electron chi connectivity index (χ3n) is 1.93. The van der Waals surface area contributed by atoms with Crippen LogP contribution in [0.15, 0.2) is 18.2 Å². The topological polar surface area (TPSA) is 20.3 Å². The van der Waals surface area contributed by atoms with Crippen molar-refractivity contribution >= 4 is 33.4 Å². The largest absolute Gasteiger partial charge is 0.341 e. The maximum atomic E-state index is 13.1. The molecule has 0 saturated heterocycles. The van der Waals surface area contributed by atoms with Crippen molar-refractivity contribution < 1.29 is 9.18 Å². The average Bonchev–Trinajstić information content (AvgIpc) is 2.21. The van der Waals surface area contributed by atoms with E-state index in [1.165, 1.54) is 17.0 Å². The molecule has 1 aromatic rings. The first kappa shape index (κ1) is 12.5. The van der Waals surface area contributed by atoms with Crippen molar-refractivity contribution in [1.82, 2.24) is 4.90 Å². The molecule has 1 amide bonds. The van der Waals surface area contributed by atoms with Crippen molar-refractivity contribution in [2.24, 2.45) is 0 Å². The molecule has 0 bridgehead atoms. The molecule has 0 aliphatic heterocycles. The molecule has 0 heterocycles. The summed E-state index contributed by atoms with van der Waals surface area (Å²) in [7, 11) is 1.66. The number of hydrogen-bond acceptors (Lipinski definition) is 1. The molecule has 5 heteroatoms. The van der Waals surface area contributed by atoms with Gasteiger partial charge >= 0.3 is 0 Å². The Hall–Kier alpha value is -0.610. The molecular weight excluding hydrogens is 284 g/mol. The summed E-state index contributed by atoms with van der Waals surface area (Å²) in [4.78, 5) is 13.2. The van der Waals surface area contributed by atoms with Crippen molar-refractivity contribution in [3.05, 3.63) is 34.6 Å². The summed E-state index contributed by atoms with van der Waals surface area (Å²) in [6.07, 6.45) is 0. The minimum Gasteiger partial charge on any atom is -0.341 e. The van der Waals surface area contributed by atoms with E-state index in [2.05, 4.69) is 15.9 Å². The summed E-state index contributed by atoms with van der Waals surface area (Å²) >= 11 is 8.75. The second-order valence-electron chi connectivity index (χ2n) is 3.04. The fraction of sp³-hybridized carbons (Fsp3) is 0.300. The Balaban J connectivity index is 2.87. The molecule has 15 heavy (non-hydrogen) atoms. The van der Waals surface area contributed by atoms with Crippen molar-refractivity contribution in [3.63, 3.8) is 0 Å². The Morgan fingerprint density at radius 3 is 2.80 bits per heavy atom. The van der Waals surface area contributed by atoms with Gasteiger partial charge in [-0.2, -0.15) is 0 Å². The van der Waals surface area contributed by atoms with Crippen LogP contribution >= 0.6 is 27.5 Å². The van der Waals surface area contributed by atoms with Gasteiger partial charge in [0.15, 0.2) is 0 Å². The van der Waals surface area contributed by atoms with Crippen LogP contribution < -0.4 is 0 Å². The predicted octanol–water partition coefficient (Wildman–Crippen LogP) is 2.95. The van der Waals surface area contributed by atoms with Gasteiger partial charge in [-0.05, 0) is 18.2 Å². The van der Waals surface area contributed by atoms with Crippen LogP contribution in [-0.4, -0.2) is 29.7 Å². The summed E-state index contributed by atoms with van der Waals surface area (Å²) in [5.74, 6) is -0.792. The van der Waals surface area contributed by atoms with E-state index in [9.17, 15) is 9.18 Å². The molecule has 2 nitrogen and oxygen atoms in total. The van der Waals surface area contributed by atoms with Crippen molar-refractivity contribution in [2.45, 2.75) is 0 Å². The summed E-state index contributed by atoms with van der Waals surface area (Å²) in [6, 6.07) is 4.04. The zero-order valence-electron chi connectivity index (χ0n) is 8.14. The van der Waals surface area contributed by atoms with Crippen molar-refractivity contribution in [2.75, 3.05) is 18.9 Å². The molecule has 1 aromatic carbocycles. The fourth-order valence-electron chi connectivity index (χ4n) is 1.08. The Morgan fingerprint density at radius 2 is 2.27 bits per heavy atom. The number of amides is 1. The monoisotopic (exact) mass is 293 g/mol. The lowest BCUT2D eigenvalue weighted by Gasteiger charge is -2.15. The third-order valence-corrected chi connectivity index (χ3v) is 2.59. The lowest BCUT2D eigenvalue weighted by Crippen LogP contribution is -2.28. The molecule has 0 aliphatic rings. The lowest BCUT2D eigenvalue weighted by atomic mass is 10.2. The number of benzene rings is 1. The van der Waals surface area contributed by atoms with Gasteiger partial charge in [0.2, 0.25) is 0 Å². The van der Waals surface area contributed by atoms with E-state index < -0.39 is 5.82 Å². The Morgan fingerprint density at radius 1 is 1.60 bits per heavy atom. The zero-order chi connectivity index (χ0) is 11.4. The standard InChI is InChI=1S/C10H10BrClFNO/c1-14(5-4-11)10(15)7-2-3-8(12)9(13)6-7/h2-3,6H,4-5H2,1H3. The zero-order valence-corrected chi connectivity index (χ0v) is 10.5. The van der Waals surface area contributed by atoms with Crippen LogP contribution in [0.4, 0.5) is 4.39 Å². The minimum absolute atomic E-state index is 0.0229. The molecule has 0 spiro atoms. The van der Waals surface area contributed by atoms with Crippen LogP contribution in [0.25, 0.3) is 0 Å². The number of halogens is 3. The number of rotatable bonds is 3. The Kier molecular flexibility index (Phi) is 4.54. The van der Waals surface area contributed by atoms with Gasteiger partial charge in [-0.3, -0.25) is 4.79 Å². The van der Waals surface area contributed by atoms with Crippen molar-refractivity contribution in [1.29, 1.82) is 0 Å². The fourth-order valence-corrected chi connectivity index (χ4v) is 1.73. The van der Waals surface area contributed by atoms with Gasteiger partial charge in [-0.15, -0.1) is 0 Å². The van der Waals surface area contributed by atoms with E-state index in [4.69, 9.17) is 11.6 Å². The van der Waals surface area contributed by atoms with Gasteiger partial charge in [0.25, 0.3) is 5.91 Å². The van der Waals surface area contributed by atoms with Gasteiger partial charge in [0, 0.05) is 24.5 Å². The van der Waals surface area contributed by atoms with Crippen LogP contribution in [0.2, 0.25) is 5.02 Å². The first-order chi connectivity index (χ1) is 7.06. The summed E-state index contributed by atoms with van der Waals surface area (Å²) in [5, 5.41) is 0.709. The van der Waals surface area contributed by atoms with Gasteiger partial charge in [0.05, 0.1) is 5.02 Å². The number of carbonyl (C=O) groups excluding carboxylic acids is 1. The maximum absolute atomic E-state index is 13.1. The number of hydrogen-bond donors (Lipinski definition) is 0. The molecule has 0 atom stereocenters. The predicted molar refractivity (Wildman–Crippen MR) is 62.2 cm³/mol. The molecule has 0 N–H and O–H groups in total. The summed E-state index contributed by atoms with van der Waals surface area (Å²) in [6.45, 7) is 0.572. The quantitative estimate of drug-likeness (QED) is 0.785. The van der Waals surface area contributed by atoms with E-state index in [1.807, 2.05) is 0 Å². The number of carbonyl (C=O) groups is 1. The molecule has 0 fully saturated rings. The first-order valence-electron chi connectivity index (χ1n) is 4.32. The molecule has 0 aromatic heterocycles. The average molecular weight is 295 g/mol. The van der Waals surface area contributed by atoms with Gasteiger partial charge in [-0.25, -0.2) is 4.39 Å². The molecule has 0 unspecified atom stereocenters. The molecule has 0 radical (unpaired) electrons. The molecule has 0 saturated carbocycles. The molecular formula is C10H10BrClFNO. The summed E-state index contributed by atoms with van der Waals surface area (Å²) < 4.78 is 13.1. The molecule has 0 aliphatic carbocycles. The smallest absolute Gasteiger partial charge is 0.253 e. The van der Waals surface area contributed by atoms with E-state index in [0.717, 1.165) is 6.07 Å². The molecule has 1 rings (SSSR count). The van der Waals surface area contributed by atoms with Crippen molar-refractivity contribution in [3.8, 4) is 0 Å². The van der Waals surface area contributed by atoms with E-state index in [1.54, 1.807) is 7.05 Å². The van der Waals surface area contributed by atoms with Crippen LogP contribution in [0.1, 0.15) is 10.4 Å². The third kappa shape index (κ3) is 3.18.